The number of anilines is 1. The second-order valence-electron chi connectivity index (χ2n) is 7.83. The van der Waals surface area contributed by atoms with E-state index in [9.17, 15) is 4.79 Å². The minimum absolute atomic E-state index is 0.0876. The smallest absolute Gasteiger partial charge is 0.253 e. The van der Waals surface area contributed by atoms with Crippen LogP contribution in [0.3, 0.4) is 0 Å². The van der Waals surface area contributed by atoms with Crippen LogP contribution < -0.4 is 15.0 Å². The van der Waals surface area contributed by atoms with Crippen LogP contribution in [0.25, 0.3) is 0 Å². The van der Waals surface area contributed by atoms with Gasteiger partial charge in [0.2, 0.25) is 0 Å². The Morgan fingerprint density at radius 1 is 1.21 bits per heavy atom. The van der Waals surface area contributed by atoms with Gasteiger partial charge in [0.1, 0.15) is 11.6 Å². The van der Waals surface area contributed by atoms with Crippen LogP contribution in [0.2, 0.25) is 5.02 Å². The van der Waals surface area contributed by atoms with Crippen molar-refractivity contribution in [2.75, 3.05) is 24.6 Å². The number of halogens is 1. The summed E-state index contributed by atoms with van der Waals surface area (Å²) in [5, 5.41) is 3.51. The number of hydrogen-bond donors (Lipinski definition) is 1. The third kappa shape index (κ3) is 4.76. The number of nitrogens with zero attached hydrogens (tertiary/aromatic N) is 2. The average Bonchev–Trinajstić information content (AvgIpc) is 3.52. The van der Waals surface area contributed by atoms with Gasteiger partial charge in [0.05, 0.1) is 17.2 Å². The predicted octanol–water partition coefficient (Wildman–Crippen LogP) is 4.23. The number of piperidine rings is 1. The number of pyridine rings is 1. The third-order valence-corrected chi connectivity index (χ3v) is 5.70. The third-order valence-electron chi connectivity index (χ3n) is 5.42. The Labute approximate surface area is 171 Å². The Morgan fingerprint density at radius 2 is 1.93 bits per heavy atom. The molecule has 0 unspecified atom stereocenters. The summed E-state index contributed by atoms with van der Waals surface area (Å²) in [5.41, 5.74) is 1.77. The molecule has 2 fully saturated rings. The molecule has 2 aliphatic rings. The van der Waals surface area contributed by atoms with Crippen LogP contribution >= 0.6 is 11.6 Å². The van der Waals surface area contributed by atoms with Crippen LogP contribution in [0, 0.1) is 12.8 Å². The van der Waals surface area contributed by atoms with Crippen molar-refractivity contribution >= 4 is 23.3 Å². The van der Waals surface area contributed by atoms with E-state index >= 15 is 0 Å². The highest BCUT2D eigenvalue weighted by Gasteiger charge is 2.25. The van der Waals surface area contributed by atoms with Crippen molar-refractivity contribution in [2.24, 2.45) is 5.92 Å². The molecule has 1 aliphatic carbocycles. The minimum atomic E-state index is -0.0876. The molecular weight excluding hydrogens is 374 g/mol. The van der Waals surface area contributed by atoms with Crippen molar-refractivity contribution in [1.29, 1.82) is 0 Å². The highest BCUT2D eigenvalue weighted by Crippen LogP contribution is 2.29. The van der Waals surface area contributed by atoms with Gasteiger partial charge >= 0.3 is 0 Å². The number of carbonyl (C=O) groups excluding carboxylic acids is 1. The molecule has 1 saturated heterocycles. The lowest BCUT2D eigenvalue weighted by molar-refractivity contribution is 0.0950. The largest absolute Gasteiger partial charge is 0.493 e. The average molecular weight is 400 g/mol. The molecule has 6 heteroatoms. The van der Waals surface area contributed by atoms with Gasteiger partial charge in [-0.15, -0.1) is 0 Å². The van der Waals surface area contributed by atoms with Gasteiger partial charge in [0.15, 0.2) is 0 Å². The van der Waals surface area contributed by atoms with Gasteiger partial charge in [0.25, 0.3) is 5.91 Å². The van der Waals surface area contributed by atoms with E-state index in [1.54, 1.807) is 12.3 Å². The summed E-state index contributed by atoms with van der Waals surface area (Å²) in [4.78, 5) is 18.8. The van der Waals surface area contributed by atoms with Gasteiger partial charge in [-0.1, -0.05) is 29.3 Å². The molecule has 1 amide bonds. The number of amides is 1. The van der Waals surface area contributed by atoms with Gasteiger partial charge in [-0.25, -0.2) is 4.98 Å². The van der Waals surface area contributed by atoms with Crippen LogP contribution in [-0.2, 0) is 0 Å². The lowest BCUT2D eigenvalue weighted by Crippen LogP contribution is -2.36. The Balaban J connectivity index is 1.29. The standard InChI is InChI=1S/C22H26ClN3O2/c1-15-2-6-19(7-3-15)28-14-16-8-10-26(11-9-16)21-20(23)12-17(13-24-21)22(27)25-18-4-5-18/h2-3,6-7,12-13,16,18H,4-5,8-11,14H2,1H3,(H,25,27). The van der Waals surface area contributed by atoms with E-state index in [0.29, 0.717) is 22.5 Å². The van der Waals surface area contributed by atoms with Crippen LogP contribution in [0.4, 0.5) is 5.82 Å². The zero-order valence-electron chi connectivity index (χ0n) is 16.2. The lowest BCUT2D eigenvalue weighted by atomic mass is 9.98. The van der Waals surface area contributed by atoms with E-state index in [1.165, 1.54) is 5.56 Å². The first kappa shape index (κ1) is 19.1. The monoisotopic (exact) mass is 399 g/mol. The molecular formula is C22H26ClN3O2. The summed E-state index contributed by atoms with van der Waals surface area (Å²) < 4.78 is 5.94. The van der Waals surface area contributed by atoms with E-state index in [0.717, 1.165) is 56.9 Å². The molecule has 28 heavy (non-hydrogen) atoms. The van der Waals surface area contributed by atoms with Crippen molar-refractivity contribution in [2.45, 2.75) is 38.6 Å². The Morgan fingerprint density at radius 3 is 2.57 bits per heavy atom. The lowest BCUT2D eigenvalue weighted by Gasteiger charge is -2.33. The first-order valence-electron chi connectivity index (χ1n) is 9.99. The number of aryl methyl sites for hydroxylation is 1. The van der Waals surface area contributed by atoms with Crippen molar-refractivity contribution in [1.82, 2.24) is 10.3 Å². The molecule has 0 radical (unpaired) electrons. The van der Waals surface area contributed by atoms with Gasteiger partial charge < -0.3 is 15.0 Å². The van der Waals surface area contributed by atoms with Gasteiger partial charge in [-0.2, -0.15) is 0 Å². The molecule has 1 saturated carbocycles. The minimum Gasteiger partial charge on any atom is -0.493 e. The fraction of sp³-hybridized carbons (Fsp3) is 0.455. The molecule has 1 aliphatic heterocycles. The summed E-state index contributed by atoms with van der Waals surface area (Å²) in [5.74, 6) is 2.13. The quantitative estimate of drug-likeness (QED) is 0.789. The number of benzene rings is 1. The van der Waals surface area contributed by atoms with Crippen LogP contribution in [0.15, 0.2) is 36.5 Å². The zero-order chi connectivity index (χ0) is 19.5. The topological polar surface area (TPSA) is 54.5 Å². The number of ether oxygens (including phenoxy) is 1. The molecule has 5 nitrogen and oxygen atoms in total. The maximum atomic E-state index is 12.1. The molecule has 0 bridgehead atoms. The van der Waals surface area contributed by atoms with E-state index in [-0.39, 0.29) is 5.91 Å². The molecule has 2 aromatic rings. The second-order valence-corrected chi connectivity index (χ2v) is 8.24. The van der Waals surface area contributed by atoms with Gasteiger partial charge in [-0.05, 0) is 56.7 Å². The number of rotatable bonds is 6. The molecule has 148 valence electrons. The molecule has 1 N–H and O–H groups in total. The maximum Gasteiger partial charge on any atom is 0.253 e. The van der Waals surface area contributed by atoms with Crippen LogP contribution in [0.5, 0.6) is 5.75 Å². The number of nitrogens with one attached hydrogen (secondary N) is 1. The summed E-state index contributed by atoms with van der Waals surface area (Å²) in [6, 6.07) is 10.2. The van der Waals surface area contributed by atoms with Crippen LogP contribution in [-0.4, -0.2) is 36.6 Å². The Kier molecular flexibility index (Phi) is 5.72. The highest BCUT2D eigenvalue weighted by atomic mass is 35.5. The molecule has 0 atom stereocenters. The van der Waals surface area contributed by atoms with Gasteiger partial charge in [0, 0.05) is 25.3 Å². The number of aromatic nitrogens is 1. The molecule has 4 rings (SSSR count). The summed E-state index contributed by atoms with van der Waals surface area (Å²) in [6.45, 7) is 4.59. The highest BCUT2D eigenvalue weighted by molar-refractivity contribution is 6.33. The van der Waals surface area contributed by atoms with E-state index < -0.39 is 0 Å². The van der Waals surface area contributed by atoms with E-state index in [4.69, 9.17) is 16.3 Å². The fourth-order valence-corrected chi connectivity index (χ4v) is 3.73. The van der Waals surface area contributed by atoms with Crippen LogP contribution in [0.1, 0.15) is 41.6 Å². The Hall–Kier alpha value is -2.27. The normalized spacial score (nSPS) is 17.4. The van der Waals surface area contributed by atoms with E-state index in [2.05, 4.69) is 34.3 Å². The number of carbonyl (C=O) groups is 1. The van der Waals surface area contributed by atoms with Crippen molar-refractivity contribution in [3.05, 3.63) is 52.7 Å². The molecule has 1 aromatic heterocycles. The molecule has 0 spiro atoms. The van der Waals surface area contributed by atoms with E-state index in [1.807, 2.05) is 12.1 Å². The number of hydrogen-bond acceptors (Lipinski definition) is 4. The maximum absolute atomic E-state index is 12.1. The SMILES string of the molecule is Cc1ccc(OCC2CCN(c3ncc(C(=O)NC4CC4)cc3Cl)CC2)cc1. The van der Waals surface area contributed by atoms with Crippen molar-refractivity contribution in [3.8, 4) is 5.75 Å². The summed E-state index contributed by atoms with van der Waals surface area (Å²) in [7, 11) is 0. The van der Waals surface area contributed by atoms with Crippen molar-refractivity contribution in [3.63, 3.8) is 0 Å². The van der Waals surface area contributed by atoms with Gasteiger partial charge in [-0.3, -0.25) is 4.79 Å². The molecule has 1 aromatic carbocycles. The molecule has 2 heterocycles. The zero-order valence-corrected chi connectivity index (χ0v) is 16.9. The van der Waals surface area contributed by atoms with Crippen molar-refractivity contribution < 1.29 is 9.53 Å². The Bertz CT molecular complexity index is 828. The predicted molar refractivity (Wildman–Crippen MR) is 111 cm³/mol. The fourth-order valence-electron chi connectivity index (χ4n) is 3.44. The first-order chi connectivity index (χ1) is 13.6. The summed E-state index contributed by atoms with van der Waals surface area (Å²) >= 11 is 6.44. The first-order valence-corrected chi connectivity index (χ1v) is 10.4. The second kappa shape index (κ2) is 8.39. The summed E-state index contributed by atoms with van der Waals surface area (Å²) in [6.07, 6.45) is 5.83.